The van der Waals surface area contributed by atoms with Crippen LogP contribution in [-0.4, -0.2) is 22.4 Å². The van der Waals surface area contributed by atoms with Crippen molar-refractivity contribution in [3.05, 3.63) is 72.1 Å². The molecule has 5 heteroatoms. The molecule has 0 radical (unpaired) electrons. The highest BCUT2D eigenvalue weighted by molar-refractivity contribution is 5.80. The first-order valence-corrected chi connectivity index (χ1v) is 8.96. The van der Waals surface area contributed by atoms with Crippen molar-refractivity contribution in [2.45, 2.75) is 26.7 Å². The highest BCUT2D eigenvalue weighted by Crippen LogP contribution is 2.25. The van der Waals surface area contributed by atoms with Gasteiger partial charge in [0.15, 0.2) is 0 Å². The van der Waals surface area contributed by atoms with Crippen LogP contribution in [0.2, 0.25) is 0 Å². The van der Waals surface area contributed by atoms with E-state index in [0.29, 0.717) is 5.95 Å². The molecule has 0 aliphatic heterocycles. The van der Waals surface area contributed by atoms with Gasteiger partial charge >= 0.3 is 0 Å². The molecule has 5 nitrogen and oxygen atoms in total. The average molecular weight is 347 g/mol. The quantitative estimate of drug-likeness (QED) is 0.636. The highest BCUT2D eigenvalue weighted by Gasteiger charge is 2.08. The zero-order valence-corrected chi connectivity index (χ0v) is 15.3. The number of unbranched alkanes of at least 4 members (excludes halogenated alkanes) is 1. The third-order valence-electron chi connectivity index (χ3n) is 4.17. The van der Waals surface area contributed by atoms with Crippen LogP contribution in [0.5, 0.6) is 0 Å². The second-order valence-electron chi connectivity index (χ2n) is 6.26. The minimum Gasteiger partial charge on any atom is -0.368 e. The van der Waals surface area contributed by atoms with Crippen LogP contribution in [0, 0.1) is 6.92 Å². The zero-order valence-electron chi connectivity index (χ0n) is 15.3. The number of rotatable bonds is 7. The van der Waals surface area contributed by atoms with Crippen molar-refractivity contribution in [1.29, 1.82) is 0 Å². The van der Waals surface area contributed by atoms with Gasteiger partial charge in [0.1, 0.15) is 0 Å². The number of para-hydroxylation sites is 1. The van der Waals surface area contributed by atoms with Gasteiger partial charge < -0.3 is 10.6 Å². The normalized spacial score (nSPS) is 11.2. The van der Waals surface area contributed by atoms with E-state index in [-0.39, 0.29) is 0 Å². The second-order valence-corrected chi connectivity index (χ2v) is 6.26. The Kier molecular flexibility index (Phi) is 5.69. The summed E-state index contributed by atoms with van der Waals surface area (Å²) < 4.78 is 1.58. The van der Waals surface area contributed by atoms with E-state index in [4.69, 9.17) is 5.73 Å². The van der Waals surface area contributed by atoms with Crippen molar-refractivity contribution >= 4 is 23.5 Å². The number of anilines is 3. The third-order valence-corrected chi connectivity index (χ3v) is 4.17. The van der Waals surface area contributed by atoms with E-state index in [1.807, 2.05) is 19.2 Å². The molecule has 0 saturated carbocycles. The smallest absolute Gasteiger partial charge is 0.221 e. The number of aromatic nitrogens is 2. The van der Waals surface area contributed by atoms with E-state index in [9.17, 15) is 0 Å². The van der Waals surface area contributed by atoms with Crippen LogP contribution < -0.4 is 10.6 Å². The summed E-state index contributed by atoms with van der Waals surface area (Å²) in [5.41, 5.74) is 10.1. The molecule has 0 bridgehead atoms. The highest BCUT2D eigenvalue weighted by atomic mass is 15.4. The van der Waals surface area contributed by atoms with Gasteiger partial charge in [-0.3, -0.25) is 0 Å². The first kappa shape index (κ1) is 17.7. The number of benzene rings is 2. The van der Waals surface area contributed by atoms with E-state index in [0.717, 1.165) is 24.2 Å². The van der Waals surface area contributed by atoms with Gasteiger partial charge in [-0.25, -0.2) is 9.66 Å². The average Bonchev–Trinajstić information content (AvgIpc) is 2.99. The fraction of sp³-hybridized carbons (Fsp3) is 0.238. The van der Waals surface area contributed by atoms with Gasteiger partial charge in [0.05, 0.1) is 18.1 Å². The Labute approximate surface area is 154 Å². The Balaban J connectivity index is 1.79. The second kappa shape index (κ2) is 8.34. The summed E-state index contributed by atoms with van der Waals surface area (Å²) >= 11 is 0. The molecule has 0 atom stereocenters. The van der Waals surface area contributed by atoms with E-state index >= 15 is 0 Å². The molecule has 3 rings (SSSR count). The van der Waals surface area contributed by atoms with Gasteiger partial charge in [0.25, 0.3) is 0 Å². The number of aryl methyl sites for hydroxylation is 1. The van der Waals surface area contributed by atoms with Crippen molar-refractivity contribution in [3.63, 3.8) is 0 Å². The molecule has 26 heavy (non-hydrogen) atoms. The molecule has 0 spiro atoms. The lowest BCUT2D eigenvalue weighted by molar-refractivity contribution is 0.786. The SMILES string of the molecule is CCCCN(c1ccccc1)c1ccc(C=Nn2cc(C)nc2N)cc1. The maximum absolute atomic E-state index is 5.81. The summed E-state index contributed by atoms with van der Waals surface area (Å²) in [6.45, 7) is 5.11. The Bertz CT molecular complexity index is 850. The molecular formula is C21H25N5. The molecule has 0 aliphatic rings. The lowest BCUT2D eigenvalue weighted by atomic mass is 10.1. The molecule has 134 valence electrons. The van der Waals surface area contributed by atoms with Crippen molar-refractivity contribution in [2.75, 3.05) is 17.2 Å². The Hall–Kier alpha value is -3.08. The summed E-state index contributed by atoms with van der Waals surface area (Å²) in [6.07, 6.45) is 5.92. The Morgan fingerprint density at radius 2 is 1.77 bits per heavy atom. The van der Waals surface area contributed by atoms with E-state index < -0.39 is 0 Å². The summed E-state index contributed by atoms with van der Waals surface area (Å²) in [5.74, 6) is 0.394. The molecule has 1 aromatic heterocycles. The molecule has 1 heterocycles. The summed E-state index contributed by atoms with van der Waals surface area (Å²) in [5, 5.41) is 4.37. The molecule has 2 N–H and O–H groups in total. The number of imidazole rings is 1. The minimum atomic E-state index is 0.394. The lowest BCUT2D eigenvalue weighted by Gasteiger charge is -2.25. The topological polar surface area (TPSA) is 59.4 Å². The van der Waals surface area contributed by atoms with Crippen LogP contribution in [0.15, 0.2) is 65.9 Å². The van der Waals surface area contributed by atoms with E-state index in [2.05, 4.69) is 70.4 Å². The molecular weight excluding hydrogens is 322 g/mol. The van der Waals surface area contributed by atoms with Gasteiger partial charge in [-0.05, 0) is 43.2 Å². The fourth-order valence-electron chi connectivity index (χ4n) is 2.80. The van der Waals surface area contributed by atoms with Crippen molar-refractivity contribution < 1.29 is 0 Å². The van der Waals surface area contributed by atoms with Crippen LogP contribution in [0.3, 0.4) is 0 Å². The molecule has 0 amide bonds. The van der Waals surface area contributed by atoms with E-state index in [1.54, 1.807) is 10.9 Å². The van der Waals surface area contributed by atoms with Crippen LogP contribution in [0.25, 0.3) is 0 Å². The Morgan fingerprint density at radius 3 is 2.38 bits per heavy atom. The molecule has 3 aromatic rings. The van der Waals surface area contributed by atoms with Gasteiger partial charge in [-0.2, -0.15) is 5.10 Å². The number of nitrogens with two attached hydrogens (primary N) is 1. The zero-order chi connectivity index (χ0) is 18.4. The van der Waals surface area contributed by atoms with Crippen molar-refractivity contribution in [1.82, 2.24) is 9.66 Å². The van der Waals surface area contributed by atoms with Crippen LogP contribution in [-0.2, 0) is 0 Å². The largest absolute Gasteiger partial charge is 0.368 e. The number of hydrogen-bond donors (Lipinski definition) is 1. The summed E-state index contributed by atoms with van der Waals surface area (Å²) in [4.78, 5) is 6.49. The molecule has 2 aromatic carbocycles. The monoisotopic (exact) mass is 347 g/mol. The van der Waals surface area contributed by atoms with Crippen LogP contribution in [0.1, 0.15) is 31.0 Å². The van der Waals surface area contributed by atoms with Gasteiger partial charge in [0.2, 0.25) is 5.95 Å². The molecule has 0 fully saturated rings. The van der Waals surface area contributed by atoms with Gasteiger partial charge in [0, 0.05) is 17.9 Å². The van der Waals surface area contributed by atoms with Crippen LogP contribution >= 0.6 is 0 Å². The Morgan fingerprint density at radius 1 is 1.08 bits per heavy atom. The van der Waals surface area contributed by atoms with Gasteiger partial charge in [-0.1, -0.05) is 43.7 Å². The van der Waals surface area contributed by atoms with Gasteiger partial charge in [-0.15, -0.1) is 0 Å². The molecule has 0 unspecified atom stereocenters. The summed E-state index contributed by atoms with van der Waals surface area (Å²) in [7, 11) is 0. The maximum Gasteiger partial charge on any atom is 0.221 e. The minimum absolute atomic E-state index is 0.394. The molecule has 0 aliphatic carbocycles. The number of nitrogens with zero attached hydrogens (tertiary/aromatic N) is 4. The van der Waals surface area contributed by atoms with E-state index in [1.165, 1.54) is 17.8 Å². The first-order valence-electron chi connectivity index (χ1n) is 8.96. The van der Waals surface area contributed by atoms with Crippen molar-refractivity contribution in [3.8, 4) is 0 Å². The van der Waals surface area contributed by atoms with Crippen molar-refractivity contribution in [2.24, 2.45) is 5.10 Å². The standard InChI is InChI=1S/C21H25N5/c1-3-4-14-25(19-8-6-5-7-9-19)20-12-10-18(11-13-20)15-23-26-16-17(2)24-21(26)22/h5-13,15-16H,3-4,14H2,1-2H3,(H2,22,24). The predicted molar refractivity (Wildman–Crippen MR) is 109 cm³/mol. The van der Waals surface area contributed by atoms with Crippen LogP contribution in [0.4, 0.5) is 17.3 Å². The first-order chi connectivity index (χ1) is 12.7. The predicted octanol–water partition coefficient (Wildman–Crippen LogP) is 4.59. The third kappa shape index (κ3) is 4.30. The lowest BCUT2D eigenvalue weighted by Crippen LogP contribution is -2.18. The number of nitrogen functional groups attached to an aromatic ring is 1. The fourth-order valence-corrected chi connectivity index (χ4v) is 2.80. The molecule has 0 saturated heterocycles. The number of hydrogen-bond acceptors (Lipinski definition) is 4. The maximum atomic E-state index is 5.81. The summed E-state index contributed by atoms with van der Waals surface area (Å²) in [6, 6.07) is 18.9.